The monoisotopic (exact) mass is 592 g/mol. The number of rotatable bonds is 8. The Morgan fingerprint density at radius 2 is 1.74 bits per heavy atom. The molecule has 1 N–H and O–H groups in total. The number of nitrogens with one attached hydrogen (secondary N) is 1. The lowest BCUT2D eigenvalue weighted by atomic mass is 10.0. The highest BCUT2D eigenvalue weighted by Crippen LogP contribution is 2.37. The molecule has 0 amide bonds. The minimum atomic E-state index is -4.03. The Kier molecular flexibility index (Phi) is 7.50. The average molecular weight is 593 g/mol. The third kappa shape index (κ3) is 5.16. The highest BCUT2D eigenvalue weighted by atomic mass is 32.2. The SMILES string of the molecule is CCOc1nn(C2CCNCC2)cc1-c1cnc2c(c1)c(-c1ccc(C(F)F)nc1)cn2S(=O)(=O)c1ccc(C)cc1. The number of aromatic nitrogens is 5. The molecule has 1 saturated heterocycles. The predicted molar refractivity (Wildman–Crippen MR) is 155 cm³/mol. The zero-order chi connectivity index (χ0) is 29.4. The van der Waals surface area contributed by atoms with Gasteiger partial charge in [0.15, 0.2) is 5.65 Å². The number of hydrogen-bond donors (Lipinski definition) is 1. The molecule has 0 saturated carbocycles. The van der Waals surface area contributed by atoms with Crippen LogP contribution in [0.2, 0.25) is 0 Å². The van der Waals surface area contributed by atoms with Crippen LogP contribution in [0.1, 0.15) is 43.5 Å². The topological polar surface area (TPSA) is 104 Å². The molecule has 1 aliphatic heterocycles. The second kappa shape index (κ2) is 11.3. The van der Waals surface area contributed by atoms with Gasteiger partial charge in [-0.1, -0.05) is 23.8 Å². The molecule has 4 aromatic heterocycles. The lowest BCUT2D eigenvalue weighted by Crippen LogP contribution is -2.29. The van der Waals surface area contributed by atoms with Crippen LogP contribution in [0.5, 0.6) is 5.88 Å². The molecule has 218 valence electrons. The minimum absolute atomic E-state index is 0.107. The fraction of sp³-hybridized carbons (Fsp3) is 0.300. The van der Waals surface area contributed by atoms with E-state index in [0.717, 1.165) is 41.0 Å². The van der Waals surface area contributed by atoms with E-state index >= 15 is 0 Å². The van der Waals surface area contributed by atoms with Crippen molar-refractivity contribution in [1.29, 1.82) is 0 Å². The number of benzene rings is 1. The first-order valence-corrected chi connectivity index (χ1v) is 15.2. The van der Waals surface area contributed by atoms with Gasteiger partial charge in [-0.15, -0.1) is 5.10 Å². The number of hydrogen-bond acceptors (Lipinski definition) is 7. The van der Waals surface area contributed by atoms with E-state index in [-0.39, 0.29) is 22.3 Å². The molecule has 1 fully saturated rings. The summed E-state index contributed by atoms with van der Waals surface area (Å²) in [6.07, 6.45) is 5.51. The molecule has 0 bridgehead atoms. The van der Waals surface area contributed by atoms with E-state index in [1.165, 1.54) is 24.5 Å². The zero-order valence-electron chi connectivity index (χ0n) is 23.2. The lowest BCUT2D eigenvalue weighted by Gasteiger charge is -2.22. The fourth-order valence-corrected chi connectivity index (χ4v) is 6.56. The molecule has 0 aliphatic carbocycles. The maximum Gasteiger partial charge on any atom is 0.280 e. The van der Waals surface area contributed by atoms with Gasteiger partial charge in [0.1, 0.15) is 5.69 Å². The van der Waals surface area contributed by atoms with Crippen LogP contribution in [0.15, 0.2) is 72.1 Å². The second-order valence-corrected chi connectivity index (χ2v) is 12.1. The largest absolute Gasteiger partial charge is 0.476 e. The molecule has 0 spiro atoms. The molecule has 0 radical (unpaired) electrons. The van der Waals surface area contributed by atoms with E-state index in [1.54, 1.807) is 30.5 Å². The van der Waals surface area contributed by atoms with Crippen molar-refractivity contribution >= 4 is 21.1 Å². The fourth-order valence-electron chi connectivity index (χ4n) is 5.23. The molecule has 1 aliphatic rings. The molecule has 12 heteroatoms. The highest BCUT2D eigenvalue weighted by molar-refractivity contribution is 7.90. The summed E-state index contributed by atoms with van der Waals surface area (Å²) in [4.78, 5) is 8.64. The number of aryl methyl sites for hydroxylation is 1. The first-order valence-electron chi connectivity index (χ1n) is 13.8. The molecule has 0 unspecified atom stereocenters. The Morgan fingerprint density at radius 3 is 2.40 bits per heavy atom. The Bertz CT molecular complexity index is 1830. The molecule has 5 aromatic rings. The summed E-state index contributed by atoms with van der Waals surface area (Å²) in [5, 5.41) is 8.62. The lowest BCUT2D eigenvalue weighted by molar-refractivity contribution is 0.146. The van der Waals surface area contributed by atoms with Crippen LogP contribution in [0, 0.1) is 6.92 Å². The van der Waals surface area contributed by atoms with E-state index in [0.29, 0.717) is 34.6 Å². The first-order chi connectivity index (χ1) is 20.3. The van der Waals surface area contributed by atoms with Crippen LogP contribution in [0.4, 0.5) is 8.78 Å². The Balaban J connectivity index is 1.52. The van der Waals surface area contributed by atoms with Crippen molar-refractivity contribution in [2.24, 2.45) is 0 Å². The number of halogens is 2. The Hall–Kier alpha value is -4.16. The molecule has 9 nitrogen and oxygen atoms in total. The van der Waals surface area contributed by atoms with E-state index in [2.05, 4.69) is 15.3 Å². The highest BCUT2D eigenvalue weighted by Gasteiger charge is 2.25. The summed E-state index contributed by atoms with van der Waals surface area (Å²) in [6, 6.07) is 11.4. The predicted octanol–water partition coefficient (Wildman–Crippen LogP) is 5.77. The Morgan fingerprint density at radius 1 is 1.00 bits per heavy atom. The maximum atomic E-state index is 13.8. The van der Waals surface area contributed by atoms with E-state index in [4.69, 9.17) is 9.84 Å². The van der Waals surface area contributed by atoms with Crippen molar-refractivity contribution in [2.75, 3.05) is 19.7 Å². The maximum absolute atomic E-state index is 13.8. The van der Waals surface area contributed by atoms with Crippen LogP contribution in [0.3, 0.4) is 0 Å². The third-order valence-corrected chi connectivity index (χ3v) is 9.15. The van der Waals surface area contributed by atoms with E-state index < -0.39 is 16.4 Å². The number of fused-ring (bicyclic) bond motifs is 1. The van der Waals surface area contributed by atoms with Crippen LogP contribution in [0.25, 0.3) is 33.3 Å². The Labute approximate surface area is 242 Å². The van der Waals surface area contributed by atoms with Crippen LogP contribution in [-0.4, -0.2) is 51.8 Å². The number of piperidine rings is 1. The smallest absolute Gasteiger partial charge is 0.280 e. The van der Waals surface area contributed by atoms with Crippen LogP contribution < -0.4 is 10.1 Å². The van der Waals surface area contributed by atoms with Gasteiger partial charge in [0.25, 0.3) is 16.4 Å². The van der Waals surface area contributed by atoms with Crippen molar-refractivity contribution < 1.29 is 21.9 Å². The quantitative estimate of drug-likeness (QED) is 0.244. The van der Waals surface area contributed by atoms with Gasteiger partial charge >= 0.3 is 0 Å². The summed E-state index contributed by atoms with van der Waals surface area (Å²) < 4.78 is 63.0. The molecule has 42 heavy (non-hydrogen) atoms. The van der Waals surface area contributed by atoms with Crippen molar-refractivity contribution in [2.45, 2.75) is 44.1 Å². The van der Waals surface area contributed by atoms with E-state index in [9.17, 15) is 17.2 Å². The third-order valence-electron chi connectivity index (χ3n) is 7.48. The number of alkyl halides is 2. The second-order valence-electron chi connectivity index (χ2n) is 10.3. The summed E-state index contributed by atoms with van der Waals surface area (Å²) in [5.74, 6) is 0.466. The van der Waals surface area contributed by atoms with Gasteiger partial charge in [0.05, 0.1) is 23.1 Å². The molecule has 5 heterocycles. The van der Waals surface area contributed by atoms with Gasteiger partial charge < -0.3 is 10.1 Å². The summed E-state index contributed by atoms with van der Waals surface area (Å²) in [7, 11) is -4.03. The molecule has 6 rings (SSSR count). The molecular weight excluding hydrogens is 562 g/mol. The van der Waals surface area contributed by atoms with Crippen molar-refractivity contribution in [3.63, 3.8) is 0 Å². The molecule has 0 atom stereocenters. The number of pyridine rings is 2. The summed E-state index contributed by atoms with van der Waals surface area (Å²) in [5.41, 5.74) is 3.17. The summed E-state index contributed by atoms with van der Waals surface area (Å²) in [6.45, 7) is 6.00. The number of ether oxygens (including phenoxy) is 1. The molecule has 1 aromatic carbocycles. The zero-order valence-corrected chi connectivity index (χ0v) is 24.0. The van der Waals surface area contributed by atoms with Gasteiger partial charge in [-0.25, -0.2) is 26.2 Å². The van der Waals surface area contributed by atoms with Gasteiger partial charge in [-0.05, 0) is 64.0 Å². The minimum Gasteiger partial charge on any atom is -0.476 e. The molecular formula is C30H30F2N6O3S. The van der Waals surface area contributed by atoms with Gasteiger partial charge in [0, 0.05) is 46.9 Å². The summed E-state index contributed by atoms with van der Waals surface area (Å²) >= 11 is 0. The van der Waals surface area contributed by atoms with Crippen LogP contribution >= 0.6 is 0 Å². The first kappa shape index (κ1) is 28.0. The van der Waals surface area contributed by atoms with Gasteiger partial charge in [0.2, 0.25) is 5.88 Å². The van der Waals surface area contributed by atoms with Crippen molar-refractivity contribution in [3.05, 3.63) is 78.5 Å². The number of nitrogens with zero attached hydrogens (tertiary/aromatic N) is 5. The average Bonchev–Trinajstić information content (AvgIpc) is 3.60. The van der Waals surface area contributed by atoms with Crippen molar-refractivity contribution in [3.8, 4) is 28.1 Å². The van der Waals surface area contributed by atoms with Crippen molar-refractivity contribution in [1.82, 2.24) is 29.0 Å². The van der Waals surface area contributed by atoms with E-state index in [1.807, 2.05) is 30.8 Å². The van der Waals surface area contributed by atoms with Gasteiger partial charge in [-0.3, -0.25) is 9.67 Å². The van der Waals surface area contributed by atoms with Crippen LogP contribution in [-0.2, 0) is 10.0 Å². The van der Waals surface area contributed by atoms with Gasteiger partial charge in [-0.2, -0.15) is 0 Å². The normalized spacial score (nSPS) is 14.6. The standard InChI is InChI=1S/C30H30F2N6O3S/c1-3-41-30-26(17-37(36-30)22-10-12-33-13-11-22)21-14-24-25(20-6-9-27(28(31)32)34-15-20)18-38(29(24)35-16-21)42(39,40)23-7-4-19(2)5-8-23/h4-9,14-18,22,28,33H,3,10-13H2,1-2H3.